The monoisotopic (exact) mass is 208 g/mol. The second-order valence-electron chi connectivity index (χ2n) is 3.12. The third-order valence-electron chi connectivity index (χ3n) is 0.962. The highest BCUT2D eigenvalue weighted by atomic mass is 35.7. The minimum absolute atomic E-state index is 1.18. The lowest BCUT2D eigenvalue weighted by atomic mass is 10.4. The summed E-state index contributed by atoms with van der Waals surface area (Å²) in [7, 11) is 0. The van der Waals surface area contributed by atoms with Crippen LogP contribution >= 0.6 is 22.2 Å². The van der Waals surface area contributed by atoms with Gasteiger partial charge in [-0.05, 0) is 27.7 Å². The van der Waals surface area contributed by atoms with Crippen LogP contribution in [0.3, 0.4) is 0 Å². The molecule has 3 heteroatoms. The number of rotatable bonds is 2. The van der Waals surface area contributed by atoms with E-state index in [0.717, 1.165) is 0 Å². The zero-order valence-corrected chi connectivity index (χ0v) is 9.92. The van der Waals surface area contributed by atoms with Gasteiger partial charge in [0.2, 0.25) is 0 Å². The summed E-state index contributed by atoms with van der Waals surface area (Å²) in [5, 5.41) is 0. The van der Waals surface area contributed by atoms with Gasteiger partial charge in [-0.1, -0.05) is 22.5 Å². The SMILES string of the molecule is CC(C)=C[Si](Cl)(Cl)C=C(C)C. The lowest BCUT2D eigenvalue weighted by Gasteiger charge is -2.07. The molecule has 0 atom stereocenters. The molecule has 0 aliphatic carbocycles. The highest BCUT2D eigenvalue weighted by molar-refractivity contribution is 7.50. The fourth-order valence-electron chi connectivity index (χ4n) is 0.811. The molecule has 0 fully saturated rings. The predicted molar refractivity (Wildman–Crippen MR) is 56.3 cm³/mol. The number of hydrogen-bond donors (Lipinski definition) is 0. The molecule has 0 saturated heterocycles. The standard InChI is InChI=1S/C8H14Cl2Si/c1-7(2)5-11(9,10)6-8(3)4/h5-6H,1-4H3. The number of hydrogen-bond acceptors (Lipinski definition) is 0. The molecule has 0 aromatic rings. The van der Waals surface area contributed by atoms with Gasteiger partial charge in [-0.2, -0.15) is 0 Å². The lowest BCUT2D eigenvalue weighted by molar-refractivity contribution is 1.40. The molecule has 0 bridgehead atoms. The second kappa shape index (κ2) is 4.34. The minimum atomic E-state index is -2.21. The van der Waals surface area contributed by atoms with Gasteiger partial charge in [0.05, 0.1) is 0 Å². The summed E-state index contributed by atoms with van der Waals surface area (Å²) in [6.45, 7) is 5.81. The van der Waals surface area contributed by atoms with Crippen LogP contribution in [0.25, 0.3) is 0 Å². The Bertz CT molecular complexity index is 164. The molecule has 0 aromatic heterocycles. The summed E-state index contributed by atoms with van der Waals surface area (Å²) in [6, 6.07) is 0. The molecule has 0 rings (SSSR count). The summed E-state index contributed by atoms with van der Waals surface area (Å²) >= 11 is 12.2. The Kier molecular flexibility index (Phi) is 4.45. The van der Waals surface area contributed by atoms with Crippen LogP contribution in [0.1, 0.15) is 27.7 Å². The predicted octanol–water partition coefficient (Wildman–Crippen LogP) is 3.92. The first-order chi connectivity index (χ1) is 4.83. The average molecular weight is 209 g/mol. The van der Waals surface area contributed by atoms with Crippen molar-refractivity contribution in [3.8, 4) is 0 Å². The van der Waals surface area contributed by atoms with Crippen LogP contribution in [-0.4, -0.2) is 6.69 Å². The summed E-state index contributed by atoms with van der Waals surface area (Å²) in [5.74, 6) is 0. The molecule has 0 radical (unpaired) electrons. The molecule has 0 spiro atoms. The molecule has 0 N–H and O–H groups in total. The van der Waals surface area contributed by atoms with Crippen LogP contribution < -0.4 is 0 Å². The van der Waals surface area contributed by atoms with Crippen molar-refractivity contribution in [1.82, 2.24) is 0 Å². The quantitative estimate of drug-likeness (QED) is 0.477. The van der Waals surface area contributed by atoms with Crippen molar-refractivity contribution >= 4 is 28.9 Å². The molecule has 0 saturated carbocycles. The molecular weight excluding hydrogens is 195 g/mol. The van der Waals surface area contributed by atoms with Crippen LogP contribution in [0.4, 0.5) is 0 Å². The van der Waals surface area contributed by atoms with E-state index < -0.39 is 6.69 Å². The summed E-state index contributed by atoms with van der Waals surface area (Å²) < 4.78 is 0. The largest absolute Gasteiger partial charge is 0.296 e. The fourth-order valence-corrected chi connectivity index (χ4v) is 5.05. The van der Waals surface area contributed by atoms with E-state index >= 15 is 0 Å². The van der Waals surface area contributed by atoms with Crippen LogP contribution in [0, 0.1) is 0 Å². The Labute approximate surface area is 79.3 Å². The van der Waals surface area contributed by atoms with E-state index in [2.05, 4.69) is 0 Å². The highest BCUT2D eigenvalue weighted by Crippen LogP contribution is 2.21. The third kappa shape index (κ3) is 6.67. The Morgan fingerprint density at radius 2 is 1.18 bits per heavy atom. The first-order valence-electron chi connectivity index (χ1n) is 3.53. The van der Waals surface area contributed by atoms with Crippen molar-refractivity contribution < 1.29 is 0 Å². The highest BCUT2D eigenvalue weighted by Gasteiger charge is 2.21. The van der Waals surface area contributed by atoms with E-state index in [1.807, 2.05) is 39.1 Å². The van der Waals surface area contributed by atoms with E-state index in [4.69, 9.17) is 22.2 Å². The van der Waals surface area contributed by atoms with Gasteiger partial charge < -0.3 is 0 Å². The molecule has 0 aliphatic heterocycles. The van der Waals surface area contributed by atoms with Gasteiger partial charge in [-0.3, -0.25) is 0 Å². The van der Waals surface area contributed by atoms with Crippen LogP contribution in [-0.2, 0) is 0 Å². The average Bonchev–Trinajstić information content (AvgIpc) is 1.53. The van der Waals surface area contributed by atoms with Crippen LogP contribution in [0.2, 0.25) is 0 Å². The van der Waals surface area contributed by atoms with Crippen molar-refractivity contribution in [2.24, 2.45) is 0 Å². The van der Waals surface area contributed by atoms with E-state index in [1.54, 1.807) is 0 Å². The van der Waals surface area contributed by atoms with Crippen molar-refractivity contribution in [1.29, 1.82) is 0 Å². The summed E-state index contributed by atoms with van der Waals surface area (Å²) in [5.41, 5.74) is 6.28. The minimum Gasteiger partial charge on any atom is -0.135 e. The van der Waals surface area contributed by atoms with Crippen molar-refractivity contribution in [3.63, 3.8) is 0 Å². The molecule has 0 unspecified atom stereocenters. The Morgan fingerprint density at radius 3 is 1.36 bits per heavy atom. The number of halogens is 2. The maximum absolute atomic E-state index is 6.08. The Balaban J connectivity index is 4.48. The van der Waals surface area contributed by atoms with E-state index in [9.17, 15) is 0 Å². The van der Waals surface area contributed by atoms with E-state index in [-0.39, 0.29) is 0 Å². The van der Waals surface area contributed by atoms with Crippen molar-refractivity contribution in [2.45, 2.75) is 27.7 Å². The third-order valence-corrected chi connectivity index (χ3v) is 4.20. The van der Waals surface area contributed by atoms with Crippen LogP contribution in [0.15, 0.2) is 22.5 Å². The van der Waals surface area contributed by atoms with Gasteiger partial charge >= 0.3 is 0 Å². The van der Waals surface area contributed by atoms with Crippen molar-refractivity contribution in [2.75, 3.05) is 0 Å². The Hall–Kier alpha value is 0.277. The van der Waals surface area contributed by atoms with E-state index in [1.165, 1.54) is 11.1 Å². The van der Waals surface area contributed by atoms with Gasteiger partial charge in [-0.15, -0.1) is 22.2 Å². The lowest BCUT2D eigenvalue weighted by Crippen LogP contribution is -2.13. The zero-order chi connectivity index (χ0) is 9.07. The van der Waals surface area contributed by atoms with Crippen molar-refractivity contribution in [3.05, 3.63) is 22.5 Å². The van der Waals surface area contributed by atoms with Gasteiger partial charge in [-0.25, -0.2) is 0 Å². The first-order valence-corrected chi connectivity index (χ1v) is 7.71. The topological polar surface area (TPSA) is 0 Å². The molecule has 11 heavy (non-hydrogen) atoms. The normalized spacial score (nSPS) is 10.7. The maximum Gasteiger partial charge on any atom is 0.296 e. The molecular formula is C8H14Cl2Si. The maximum atomic E-state index is 6.08. The zero-order valence-electron chi connectivity index (χ0n) is 7.41. The first kappa shape index (κ1) is 11.3. The molecule has 64 valence electrons. The van der Waals surface area contributed by atoms with Gasteiger partial charge in [0.25, 0.3) is 6.69 Å². The summed E-state index contributed by atoms with van der Waals surface area (Å²) in [4.78, 5) is 0. The van der Waals surface area contributed by atoms with Gasteiger partial charge in [0.1, 0.15) is 0 Å². The molecule has 0 aromatic carbocycles. The molecule has 0 heterocycles. The van der Waals surface area contributed by atoms with Crippen LogP contribution in [0.5, 0.6) is 0 Å². The smallest absolute Gasteiger partial charge is 0.135 e. The fraction of sp³-hybridized carbons (Fsp3) is 0.500. The summed E-state index contributed by atoms with van der Waals surface area (Å²) in [6.07, 6.45) is 0. The van der Waals surface area contributed by atoms with E-state index in [0.29, 0.717) is 0 Å². The van der Waals surface area contributed by atoms with Gasteiger partial charge in [0.15, 0.2) is 0 Å². The molecule has 0 aliphatic rings. The van der Waals surface area contributed by atoms with Gasteiger partial charge in [0, 0.05) is 0 Å². The number of allylic oxidation sites excluding steroid dienone is 2. The Morgan fingerprint density at radius 1 is 0.909 bits per heavy atom. The molecule has 0 amide bonds. The second-order valence-corrected chi connectivity index (χ2v) is 9.38. The molecule has 0 nitrogen and oxygen atoms in total.